The molecule has 1 aromatic carbocycles. The van der Waals surface area contributed by atoms with E-state index in [-0.39, 0.29) is 24.4 Å². The SMILES string of the molecule is Cc1ccc(F)c(OCC2CCC(C(=O)NN)O2)c1. The molecule has 0 aromatic heterocycles. The summed E-state index contributed by atoms with van der Waals surface area (Å²) in [6.45, 7) is 2.08. The monoisotopic (exact) mass is 268 g/mol. The number of hydrogen-bond acceptors (Lipinski definition) is 4. The van der Waals surface area contributed by atoms with Crippen LogP contribution in [0, 0.1) is 12.7 Å². The van der Waals surface area contributed by atoms with E-state index >= 15 is 0 Å². The van der Waals surface area contributed by atoms with Crippen LogP contribution in [0.3, 0.4) is 0 Å². The Morgan fingerprint density at radius 2 is 2.37 bits per heavy atom. The van der Waals surface area contributed by atoms with Crippen molar-refractivity contribution in [3.63, 3.8) is 0 Å². The predicted octanol–water partition coefficient (Wildman–Crippen LogP) is 1.05. The van der Waals surface area contributed by atoms with Crippen LogP contribution in [-0.2, 0) is 9.53 Å². The molecule has 5 nitrogen and oxygen atoms in total. The maximum atomic E-state index is 13.5. The van der Waals surface area contributed by atoms with Crippen molar-refractivity contribution in [2.45, 2.75) is 32.0 Å². The fourth-order valence-corrected chi connectivity index (χ4v) is 2.02. The predicted molar refractivity (Wildman–Crippen MR) is 66.9 cm³/mol. The summed E-state index contributed by atoms with van der Waals surface area (Å²) in [7, 11) is 0. The molecule has 0 saturated carbocycles. The van der Waals surface area contributed by atoms with E-state index in [1.165, 1.54) is 6.07 Å². The second kappa shape index (κ2) is 5.99. The van der Waals surface area contributed by atoms with Crippen molar-refractivity contribution in [3.05, 3.63) is 29.6 Å². The minimum absolute atomic E-state index is 0.204. The van der Waals surface area contributed by atoms with Crippen molar-refractivity contribution in [1.29, 1.82) is 0 Å². The number of nitrogens with one attached hydrogen (secondary N) is 1. The number of nitrogens with two attached hydrogens (primary N) is 1. The minimum Gasteiger partial charge on any atom is -0.488 e. The first-order valence-corrected chi connectivity index (χ1v) is 6.15. The van der Waals surface area contributed by atoms with Crippen LogP contribution in [0.2, 0.25) is 0 Å². The Morgan fingerprint density at radius 3 is 3.11 bits per heavy atom. The Labute approximate surface area is 110 Å². The molecule has 6 heteroatoms. The van der Waals surface area contributed by atoms with Gasteiger partial charge in [-0.1, -0.05) is 6.07 Å². The number of benzene rings is 1. The number of carbonyl (C=O) groups is 1. The second-order valence-corrected chi connectivity index (χ2v) is 4.58. The van der Waals surface area contributed by atoms with Gasteiger partial charge in [0.05, 0.1) is 6.10 Å². The van der Waals surface area contributed by atoms with Gasteiger partial charge in [0.1, 0.15) is 12.7 Å². The molecule has 104 valence electrons. The molecule has 3 N–H and O–H groups in total. The van der Waals surface area contributed by atoms with Crippen molar-refractivity contribution >= 4 is 5.91 Å². The number of rotatable bonds is 4. The van der Waals surface area contributed by atoms with Crippen LogP contribution >= 0.6 is 0 Å². The third-order valence-corrected chi connectivity index (χ3v) is 3.05. The third-order valence-electron chi connectivity index (χ3n) is 3.05. The number of hydrogen-bond donors (Lipinski definition) is 2. The number of halogens is 1. The van der Waals surface area contributed by atoms with Gasteiger partial charge < -0.3 is 9.47 Å². The molecular formula is C13H17FN2O3. The number of aryl methyl sites for hydroxylation is 1. The van der Waals surface area contributed by atoms with Crippen LogP contribution in [0.5, 0.6) is 5.75 Å². The lowest BCUT2D eigenvalue weighted by atomic mass is 10.2. The molecule has 1 fully saturated rings. The van der Waals surface area contributed by atoms with Crippen LogP contribution in [0.15, 0.2) is 18.2 Å². The minimum atomic E-state index is -0.541. The van der Waals surface area contributed by atoms with Gasteiger partial charge in [-0.15, -0.1) is 0 Å². The average Bonchev–Trinajstić information content (AvgIpc) is 2.88. The molecule has 1 saturated heterocycles. The maximum absolute atomic E-state index is 13.5. The zero-order chi connectivity index (χ0) is 13.8. The highest BCUT2D eigenvalue weighted by molar-refractivity contribution is 5.80. The van der Waals surface area contributed by atoms with Gasteiger partial charge in [0.2, 0.25) is 0 Å². The summed E-state index contributed by atoms with van der Waals surface area (Å²) in [6.07, 6.45) is 0.516. The van der Waals surface area contributed by atoms with Crippen molar-refractivity contribution in [2.75, 3.05) is 6.61 Å². The van der Waals surface area contributed by atoms with Gasteiger partial charge >= 0.3 is 0 Å². The van der Waals surface area contributed by atoms with Gasteiger partial charge in [0.15, 0.2) is 11.6 Å². The Morgan fingerprint density at radius 1 is 1.58 bits per heavy atom. The molecule has 1 heterocycles. The molecular weight excluding hydrogens is 251 g/mol. The highest BCUT2D eigenvalue weighted by Gasteiger charge is 2.30. The summed E-state index contributed by atoms with van der Waals surface area (Å²) in [6, 6.07) is 4.68. The molecule has 0 radical (unpaired) electrons. The van der Waals surface area contributed by atoms with Crippen LogP contribution < -0.4 is 16.0 Å². The van der Waals surface area contributed by atoms with Gasteiger partial charge in [0.25, 0.3) is 5.91 Å². The largest absolute Gasteiger partial charge is 0.488 e. The van der Waals surface area contributed by atoms with E-state index in [1.807, 2.05) is 6.92 Å². The van der Waals surface area contributed by atoms with Gasteiger partial charge in [-0.3, -0.25) is 10.2 Å². The third kappa shape index (κ3) is 3.42. The van der Waals surface area contributed by atoms with E-state index in [0.29, 0.717) is 12.8 Å². The molecule has 1 aliphatic heterocycles. The van der Waals surface area contributed by atoms with Gasteiger partial charge in [-0.05, 0) is 37.5 Å². The molecule has 1 aliphatic rings. The first-order chi connectivity index (χ1) is 9.10. The first-order valence-electron chi connectivity index (χ1n) is 6.15. The highest BCUT2D eigenvalue weighted by atomic mass is 19.1. The van der Waals surface area contributed by atoms with Crippen LogP contribution in [0.4, 0.5) is 4.39 Å². The summed E-state index contributed by atoms with van der Waals surface area (Å²) < 4.78 is 24.3. The van der Waals surface area contributed by atoms with E-state index in [2.05, 4.69) is 5.43 Å². The number of ether oxygens (including phenoxy) is 2. The van der Waals surface area contributed by atoms with Gasteiger partial charge in [-0.2, -0.15) is 0 Å². The fourth-order valence-electron chi connectivity index (χ4n) is 2.02. The first kappa shape index (κ1) is 13.8. The van der Waals surface area contributed by atoms with Crippen molar-refractivity contribution in [2.24, 2.45) is 5.84 Å². The Kier molecular flexibility index (Phi) is 4.34. The summed E-state index contributed by atoms with van der Waals surface area (Å²) in [5.41, 5.74) is 2.97. The van der Waals surface area contributed by atoms with E-state index < -0.39 is 11.9 Å². The normalized spacial score (nSPS) is 22.3. The molecule has 2 rings (SSSR count). The number of amides is 1. The Balaban J connectivity index is 1.87. The van der Waals surface area contributed by atoms with Crippen LogP contribution in [0.1, 0.15) is 18.4 Å². The van der Waals surface area contributed by atoms with E-state index in [9.17, 15) is 9.18 Å². The van der Waals surface area contributed by atoms with E-state index in [4.69, 9.17) is 15.3 Å². The molecule has 0 spiro atoms. The molecule has 0 bridgehead atoms. The maximum Gasteiger partial charge on any atom is 0.263 e. The van der Waals surface area contributed by atoms with Crippen LogP contribution in [-0.4, -0.2) is 24.7 Å². The molecule has 2 unspecified atom stereocenters. The zero-order valence-corrected chi connectivity index (χ0v) is 10.7. The quantitative estimate of drug-likeness (QED) is 0.486. The topological polar surface area (TPSA) is 73.6 Å². The summed E-state index contributed by atoms with van der Waals surface area (Å²) in [4.78, 5) is 11.3. The standard InChI is InChI=1S/C13H17FN2O3/c1-8-2-4-10(14)12(6-8)18-7-9-3-5-11(19-9)13(17)16-15/h2,4,6,9,11H,3,5,7,15H2,1H3,(H,16,17). The second-order valence-electron chi connectivity index (χ2n) is 4.58. The van der Waals surface area contributed by atoms with Crippen molar-refractivity contribution in [3.8, 4) is 5.75 Å². The van der Waals surface area contributed by atoms with Crippen molar-refractivity contribution < 1.29 is 18.7 Å². The molecule has 1 aromatic rings. The Hall–Kier alpha value is -1.66. The lowest BCUT2D eigenvalue weighted by molar-refractivity contribution is -0.132. The lowest BCUT2D eigenvalue weighted by Gasteiger charge is -2.14. The highest BCUT2D eigenvalue weighted by Crippen LogP contribution is 2.23. The Bertz CT molecular complexity index is 467. The van der Waals surface area contributed by atoms with Gasteiger partial charge in [-0.25, -0.2) is 10.2 Å². The summed E-state index contributed by atoms with van der Waals surface area (Å²) >= 11 is 0. The summed E-state index contributed by atoms with van der Waals surface area (Å²) in [5.74, 6) is 4.50. The molecule has 0 aliphatic carbocycles. The zero-order valence-electron chi connectivity index (χ0n) is 10.7. The molecule has 2 atom stereocenters. The van der Waals surface area contributed by atoms with E-state index in [1.54, 1.807) is 12.1 Å². The molecule has 1 amide bonds. The molecule has 19 heavy (non-hydrogen) atoms. The fraction of sp³-hybridized carbons (Fsp3) is 0.462. The van der Waals surface area contributed by atoms with E-state index in [0.717, 1.165) is 5.56 Å². The average molecular weight is 268 g/mol. The summed E-state index contributed by atoms with van der Waals surface area (Å²) in [5, 5.41) is 0. The van der Waals surface area contributed by atoms with Gasteiger partial charge in [0, 0.05) is 0 Å². The lowest BCUT2D eigenvalue weighted by Crippen LogP contribution is -2.39. The van der Waals surface area contributed by atoms with Crippen molar-refractivity contribution in [1.82, 2.24) is 5.43 Å². The number of carbonyl (C=O) groups excluding carboxylic acids is 1. The smallest absolute Gasteiger partial charge is 0.263 e. The number of hydrazine groups is 1. The van der Waals surface area contributed by atoms with Crippen LogP contribution in [0.25, 0.3) is 0 Å².